The van der Waals surface area contributed by atoms with E-state index < -0.39 is 0 Å². The average molecular weight is 386 g/mol. The first-order chi connectivity index (χ1) is 12.5. The normalized spacial score (nSPS) is 13.0. The third-order valence-corrected chi connectivity index (χ3v) is 5.43. The minimum atomic E-state index is -0.00702. The highest BCUT2D eigenvalue weighted by Crippen LogP contribution is 2.26. The Bertz CT molecular complexity index is 990. The maximum Gasteiger partial charge on any atom is 0.257 e. The highest BCUT2D eigenvalue weighted by molar-refractivity contribution is 6.36. The number of aryl methyl sites for hydroxylation is 1. The fourth-order valence-electron chi connectivity index (χ4n) is 3.56. The van der Waals surface area contributed by atoms with E-state index in [0.29, 0.717) is 15.6 Å². The number of halogens is 2. The molecule has 0 atom stereocenters. The van der Waals surface area contributed by atoms with E-state index in [1.165, 1.54) is 17.0 Å². The van der Waals surface area contributed by atoms with Gasteiger partial charge in [-0.3, -0.25) is 4.79 Å². The van der Waals surface area contributed by atoms with Gasteiger partial charge in [0.1, 0.15) is 6.20 Å². The maximum absolute atomic E-state index is 12.8. The molecule has 0 saturated carbocycles. The largest absolute Gasteiger partial charge is 0.290 e. The summed E-state index contributed by atoms with van der Waals surface area (Å²) in [5, 5.41) is 0.934. The molecule has 3 nitrogen and oxygen atoms in total. The van der Waals surface area contributed by atoms with Gasteiger partial charge in [-0.15, -0.1) is 0 Å². The molecule has 2 heterocycles. The van der Waals surface area contributed by atoms with Crippen LogP contribution in [-0.4, -0.2) is 10.4 Å². The number of benzene rings is 2. The van der Waals surface area contributed by atoms with Gasteiger partial charge in [-0.25, -0.2) is 9.13 Å². The summed E-state index contributed by atoms with van der Waals surface area (Å²) in [5.74, 6) is 1.19. The third-order valence-electron chi connectivity index (χ3n) is 4.89. The summed E-state index contributed by atoms with van der Waals surface area (Å²) in [5.41, 5.74) is 4.09. The smallest absolute Gasteiger partial charge is 0.257 e. The van der Waals surface area contributed by atoms with Crippen LogP contribution in [0.1, 0.15) is 28.2 Å². The molecule has 132 valence electrons. The summed E-state index contributed by atoms with van der Waals surface area (Å²) < 4.78 is 4.39. The van der Waals surface area contributed by atoms with Gasteiger partial charge < -0.3 is 0 Å². The van der Waals surface area contributed by atoms with Crippen LogP contribution in [0.15, 0.2) is 48.7 Å². The molecule has 4 rings (SSSR count). The molecule has 26 heavy (non-hydrogen) atoms. The van der Waals surface area contributed by atoms with Crippen molar-refractivity contribution in [1.82, 2.24) is 4.57 Å². The number of imidazole rings is 1. The van der Waals surface area contributed by atoms with Gasteiger partial charge in [0.05, 0.1) is 18.0 Å². The second-order valence-corrected chi connectivity index (χ2v) is 7.57. The molecule has 0 N–H and O–H groups in total. The minimum Gasteiger partial charge on any atom is -0.290 e. The van der Waals surface area contributed by atoms with Crippen LogP contribution >= 0.6 is 23.2 Å². The molecule has 0 fully saturated rings. The predicted molar refractivity (Wildman–Crippen MR) is 104 cm³/mol. The molecule has 1 aliphatic heterocycles. The second kappa shape index (κ2) is 6.90. The first-order valence-corrected chi connectivity index (χ1v) is 9.45. The van der Waals surface area contributed by atoms with Gasteiger partial charge in [-0.1, -0.05) is 53.0 Å². The van der Waals surface area contributed by atoms with E-state index in [-0.39, 0.29) is 12.3 Å². The summed E-state index contributed by atoms with van der Waals surface area (Å²) in [7, 11) is 0. The number of carbonyl (C=O) groups excluding carboxylic acids is 1. The Balaban J connectivity index is 1.68. The Morgan fingerprint density at radius 2 is 1.92 bits per heavy atom. The number of ketones is 1. The van der Waals surface area contributed by atoms with Gasteiger partial charge in [-0.2, -0.15) is 0 Å². The van der Waals surface area contributed by atoms with Gasteiger partial charge in [0.15, 0.2) is 12.2 Å². The van der Waals surface area contributed by atoms with Crippen LogP contribution in [0.25, 0.3) is 11.3 Å². The highest BCUT2D eigenvalue weighted by Gasteiger charge is 2.30. The van der Waals surface area contributed by atoms with Crippen LogP contribution in [0.2, 0.25) is 10.0 Å². The van der Waals surface area contributed by atoms with Crippen LogP contribution in [0.3, 0.4) is 0 Å². The summed E-state index contributed by atoms with van der Waals surface area (Å²) in [6.45, 7) is 3.35. The molecule has 0 unspecified atom stereocenters. The number of nitrogens with zero attached hydrogens (tertiary/aromatic N) is 2. The summed E-state index contributed by atoms with van der Waals surface area (Å²) in [6, 6.07) is 13.5. The number of fused-ring (bicyclic) bond motifs is 1. The topological polar surface area (TPSA) is 25.9 Å². The number of Topliss-reactive ketones (excluding diaryl/α,β-unsaturated/α-hetero) is 1. The molecule has 3 aromatic rings. The Kier molecular flexibility index (Phi) is 4.60. The van der Waals surface area contributed by atoms with Gasteiger partial charge in [0, 0.05) is 16.1 Å². The number of hydrogen-bond acceptors (Lipinski definition) is 1. The zero-order chi connectivity index (χ0) is 18.3. The monoisotopic (exact) mass is 385 g/mol. The second-order valence-electron chi connectivity index (χ2n) is 6.73. The first kappa shape index (κ1) is 17.3. The first-order valence-electron chi connectivity index (χ1n) is 8.70. The molecular formula is C21H19Cl2N2O+. The predicted octanol–water partition coefficient (Wildman–Crippen LogP) is 4.89. The van der Waals surface area contributed by atoms with E-state index in [9.17, 15) is 4.79 Å². The summed E-state index contributed by atoms with van der Waals surface area (Å²) >= 11 is 12.1. The lowest BCUT2D eigenvalue weighted by atomic mass is 10.1. The molecule has 0 radical (unpaired) electrons. The van der Waals surface area contributed by atoms with Crippen molar-refractivity contribution in [2.75, 3.05) is 0 Å². The van der Waals surface area contributed by atoms with Crippen LogP contribution in [0, 0.1) is 6.92 Å². The average Bonchev–Trinajstić information content (AvgIpc) is 3.19. The van der Waals surface area contributed by atoms with E-state index in [1.54, 1.807) is 18.2 Å². The van der Waals surface area contributed by atoms with Crippen molar-refractivity contribution in [2.24, 2.45) is 0 Å². The Hall–Kier alpha value is -2.10. The van der Waals surface area contributed by atoms with Crippen LogP contribution in [0.4, 0.5) is 0 Å². The number of carbonyl (C=O) groups is 1. The quantitative estimate of drug-likeness (QED) is 0.463. The molecule has 5 heteroatoms. The Morgan fingerprint density at radius 3 is 2.65 bits per heavy atom. The van der Waals surface area contributed by atoms with Crippen molar-refractivity contribution in [2.45, 2.75) is 32.9 Å². The zero-order valence-corrected chi connectivity index (χ0v) is 16.0. The van der Waals surface area contributed by atoms with Crippen molar-refractivity contribution in [3.05, 3.63) is 75.7 Å². The molecule has 0 bridgehead atoms. The molecule has 0 amide bonds. The number of rotatable bonds is 4. The van der Waals surface area contributed by atoms with Crippen molar-refractivity contribution in [1.29, 1.82) is 0 Å². The van der Waals surface area contributed by atoms with E-state index >= 15 is 0 Å². The summed E-state index contributed by atoms with van der Waals surface area (Å²) in [6.07, 6.45) is 4.17. The van der Waals surface area contributed by atoms with E-state index in [1.807, 2.05) is 0 Å². The maximum atomic E-state index is 12.8. The Labute approximate surface area is 162 Å². The van der Waals surface area contributed by atoms with E-state index in [4.69, 9.17) is 23.2 Å². The Morgan fingerprint density at radius 1 is 1.15 bits per heavy atom. The number of aromatic nitrogens is 2. The highest BCUT2D eigenvalue weighted by atomic mass is 35.5. The van der Waals surface area contributed by atoms with Crippen molar-refractivity contribution in [3.8, 4) is 11.3 Å². The van der Waals surface area contributed by atoms with Crippen molar-refractivity contribution >= 4 is 29.0 Å². The molecule has 1 aliphatic rings. The lowest BCUT2D eigenvalue weighted by Gasteiger charge is -2.03. The van der Waals surface area contributed by atoms with Crippen LogP contribution in [0.5, 0.6) is 0 Å². The van der Waals surface area contributed by atoms with Gasteiger partial charge in [0.25, 0.3) is 5.82 Å². The molecular weight excluding hydrogens is 367 g/mol. The van der Waals surface area contributed by atoms with Gasteiger partial charge >= 0.3 is 0 Å². The minimum absolute atomic E-state index is 0.00702. The lowest BCUT2D eigenvalue weighted by molar-refractivity contribution is -0.689. The van der Waals surface area contributed by atoms with Gasteiger partial charge in [-0.05, 0) is 31.5 Å². The summed E-state index contributed by atoms with van der Waals surface area (Å²) in [4.78, 5) is 12.8. The molecule has 0 spiro atoms. The number of hydrogen-bond donors (Lipinski definition) is 0. The molecule has 1 aromatic heterocycles. The molecule has 2 aromatic carbocycles. The zero-order valence-electron chi connectivity index (χ0n) is 14.5. The van der Waals surface area contributed by atoms with Crippen molar-refractivity contribution < 1.29 is 9.36 Å². The van der Waals surface area contributed by atoms with Crippen molar-refractivity contribution in [3.63, 3.8) is 0 Å². The lowest BCUT2D eigenvalue weighted by Crippen LogP contribution is -2.40. The fraction of sp³-hybridized carbons (Fsp3) is 0.238. The molecule has 0 saturated heterocycles. The van der Waals surface area contributed by atoms with Crippen LogP contribution < -0.4 is 4.57 Å². The van der Waals surface area contributed by atoms with E-state index in [2.05, 4.69) is 46.5 Å². The molecule has 0 aliphatic carbocycles. The standard InChI is InChI=1S/C21H19Cl2N2O/c1-14-4-6-15(7-5-14)19-12-24(21-3-2-10-25(19)21)13-20(26)17-9-8-16(22)11-18(17)23/h4-9,11-12H,2-3,10,13H2,1H3/q+1. The van der Waals surface area contributed by atoms with E-state index in [0.717, 1.165) is 25.1 Å². The van der Waals surface area contributed by atoms with Gasteiger partial charge in [0.2, 0.25) is 5.78 Å². The fourth-order valence-corrected chi connectivity index (χ4v) is 4.07. The third kappa shape index (κ3) is 3.17. The van der Waals surface area contributed by atoms with Crippen LogP contribution in [-0.2, 0) is 19.5 Å². The SMILES string of the molecule is Cc1ccc(-c2c[n+](CC(=O)c3ccc(Cl)cc3Cl)c3n2CCC3)cc1.